The van der Waals surface area contributed by atoms with Crippen LogP contribution in [0.4, 0.5) is 0 Å². The van der Waals surface area contributed by atoms with Gasteiger partial charge in [-0.3, -0.25) is 4.21 Å². The van der Waals surface area contributed by atoms with Gasteiger partial charge in [-0.2, -0.15) is 0 Å². The van der Waals surface area contributed by atoms with Crippen LogP contribution in [0.1, 0.15) is 48.1 Å². The molecule has 17 heavy (non-hydrogen) atoms. The fourth-order valence-electron chi connectivity index (χ4n) is 1.58. The normalized spacial score (nSPS) is 12.6. The first-order valence-corrected chi connectivity index (χ1v) is 7.21. The highest BCUT2D eigenvalue weighted by atomic mass is 32.2. The van der Waals surface area contributed by atoms with E-state index in [1.54, 1.807) is 13.0 Å². The smallest absolute Gasteiger partial charge is 0.372 e. The van der Waals surface area contributed by atoms with E-state index < -0.39 is 16.8 Å². The first-order chi connectivity index (χ1) is 8.04. The van der Waals surface area contributed by atoms with Crippen LogP contribution in [0.15, 0.2) is 10.5 Å². The van der Waals surface area contributed by atoms with Gasteiger partial charge in [-0.25, -0.2) is 4.79 Å². The zero-order valence-electron chi connectivity index (χ0n) is 10.2. The Morgan fingerprint density at radius 3 is 2.71 bits per heavy atom. The molecule has 0 fully saturated rings. The van der Waals surface area contributed by atoms with Gasteiger partial charge in [0.25, 0.3) is 0 Å². The summed E-state index contributed by atoms with van der Waals surface area (Å²) in [6.45, 7) is 3.77. The van der Waals surface area contributed by atoms with Crippen molar-refractivity contribution >= 4 is 16.8 Å². The van der Waals surface area contributed by atoms with Crippen LogP contribution in [0, 0.1) is 6.92 Å². The minimum absolute atomic E-state index is 0.0504. The van der Waals surface area contributed by atoms with Crippen molar-refractivity contribution < 1.29 is 18.5 Å². The zero-order chi connectivity index (χ0) is 12.8. The number of hydrogen-bond donors (Lipinski definition) is 1. The molecule has 0 amide bonds. The topological polar surface area (TPSA) is 67.5 Å². The Morgan fingerprint density at radius 1 is 1.47 bits per heavy atom. The Hall–Kier alpha value is -1.10. The van der Waals surface area contributed by atoms with Crippen molar-refractivity contribution in [3.63, 3.8) is 0 Å². The molecule has 1 heterocycles. The second kappa shape index (κ2) is 6.59. The van der Waals surface area contributed by atoms with Crippen LogP contribution < -0.4 is 0 Å². The molecule has 1 aromatic heterocycles. The maximum Gasteiger partial charge on any atom is 0.372 e. The summed E-state index contributed by atoms with van der Waals surface area (Å²) in [7, 11) is -0.967. The van der Waals surface area contributed by atoms with Crippen molar-refractivity contribution in [2.45, 2.75) is 38.9 Å². The number of carboxylic acids is 1. The fraction of sp³-hybridized carbons (Fsp3) is 0.583. The first-order valence-electron chi connectivity index (χ1n) is 5.72. The summed E-state index contributed by atoms with van der Waals surface area (Å²) in [5.74, 6) is 0.319. The second-order valence-corrected chi connectivity index (χ2v) is 5.60. The summed E-state index contributed by atoms with van der Waals surface area (Å²) in [5.41, 5.74) is 0.582. The van der Waals surface area contributed by atoms with Gasteiger partial charge >= 0.3 is 5.97 Å². The molecule has 0 radical (unpaired) electrons. The Bertz CT molecular complexity index is 409. The number of furan rings is 1. The van der Waals surface area contributed by atoms with Gasteiger partial charge in [-0.05, 0) is 19.4 Å². The van der Waals surface area contributed by atoms with E-state index in [1.165, 1.54) is 0 Å². The average molecular weight is 258 g/mol. The molecule has 5 heteroatoms. The third-order valence-electron chi connectivity index (χ3n) is 2.44. The summed E-state index contributed by atoms with van der Waals surface area (Å²) in [6, 6.07) is 1.65. The fourth-order valence-corrected chi connectivity index (χ4v) is 2.71. The molecule has 0 saturated carbocycles. The predicted octanol–water partition coefficient (Wildman–Crippen LogP) is 2.73. The summed E-state index contributed by atoms with van der Waals surface area (Å²) >= 11 is 0. The molecule has 0 aromatic carbocycles. The molecule has 4 nitrogen and oxygen atoms in total. The number of carbonyl (C=O) groups is 1. The standard InChI is InChI=1S/C12H18O4S/c1-3-4-5-6-17(15)8-10-7-9(2)11(16-10)12(13)14/h7H,3-6,8H2,1-2H3,(H,13,14). The first kappa shape index (κ1) is 14.0. The summed E-state index contributed by atoms with van der Waals surface area (Å²) in [4.78, 5) is 10.8. The number of hydrogen-bond acceptors (Lipinski definition) is 3. The molecule has 0 aliphatic rings. The number of unbranched alkanes of at least 4 members (excludes halogenated alkanes) is 2. The molecule has 1 aromatic rings. The van der Waals surface area contributed by atoms with Crippen LogP contribution in [0.2, 0.25) is 0 Å². The van der Waals surface area contributed by atoms with Gasteiger partial charge in [-0.1, -0.05) is 19.8 Å². The number of rotatable bonds is 7. The summed E-state index contributed by atoms with van der Waals surface area (Å²) in [5, 5.41) is 8.82. The molecule has 1 atom stereocenters. The Labute approximate surface area is 103 Å². The van der Waals surface area contributed by atoms with Gasteiger partial charge in [0.05, 0.1) is 5.75 Å². The van der Waals surface area contributed by atoms with E-state index in [0.717, 1.165) is 19.3 Å². The zero-order valence-corrected chi connectivity index (χ0v) is 11.0. The highest BCUT2D eigenvalue weighted by Crippen LogP contribution is 2.16. The molecule has 0 aliphatic heterocycles. The Morgan fingerprint density at radius 2 is 2.18 bits per heavy atom. The molecule has 96 valence electrons. The van der Waals surface area contributed by atoms with E-state index in [0.29, 0.717) is 22.8 Å². The summed E-state index contributed by atoms with van der Waals surface area (Å²) < 4.78 is 16.8. The van der Waals surface area contributed by atoms with E-state index in [2.05, 4.69) is 6.92 Å². The molecule has 1 unspecified atom stereocenters. The molecule has 0 bridgehead atoms. The van der Waals surface area contributed by atoms with Crippen LogP contribution in [0.3, 0.4) is 0 Å². The van der Waals surface area contributed by atoms with E-state index in [-0.39, 0.29) is 5.76 Å². The highest BCUT2D eigenvalue weighted by molar-refractivity contribution is 7.84. The molecular weight excluding hydrogens is 240 g/mol. The van der Waals surface area contributed by atoms with Crippen molar-refractivity contribution in [2.75, 3.05) is 5.75 Å². The average Bonchev–Trinajstić information content (AvgIpc) is 2.60. The largest absolute Gasteiger partial charge is 0.475 e. The van der Waals surface area contributed by atoms with Gasteiger partial charge in [0, 0.05) is 22.1 Å². The number of aromatic carboxylic acids is 1. The quantitative estimate of drug-likeness (QED) is 0.763. The molecule has 0 aliphatic carbocycles. The van der Waals surface area contributed by atoms with Gasteiger partial charge < -0.3 is 9.52 Å². The van der Waals surface area contributed by atoms with E-state index >= 15 is 0 Å². The minimum Gasteiger partial charge on any atom is -0.475 e. The number of carboxylic acid groups (broad SMARTS) is 1. The van der Waals surface area contributed by atoms with Gasteiger partial charge in [0.15, 0.2) is 0 Å². The van der Waals surface area contributed by atoms with Crippen molar-refractivity contribution in [3.8, 4) is 0 Å². The lowest BCUT2D eigenvalue weighted by Crippen LogP contribution is -2.00. The molecule has 0 saturated heterocycles. The van der Waals surface area contributed by atoms with Gasteiger partial charge in [0.1, 0.15) is 5.76 Å². The third-order valence-corrected chi connectivity index (χ3v) is 3.79. The van der Waals surface area contributed by atoms with Crippen LogP contribution in [-0.2, 0) is 16.6 Å². The van der Waals surface area contributed by atoms with Crippen molar-refractivity contribution in [1.82, 2.24) is 0 Å². The highest BCUT2D eigenvalue weighted by Gasteiger charge is 2.15. The SMILES string of the molecule is CCCCCS(=O)Cc1cc(C)c(C(=O)O)o1. The van der Waals surface area contributed by atoms with E-state index in [4.69, 9.17) is 9.52 Å². The van der Waals surface area contributed by atoms with E-state index in [1.807, 2.05) is 0 Å². The van der Waals surface area contributed by atoms with Crippen LogP contribution in [0.25, 0.3) is 0 Å². The van der Waals surface area contributed by atoms with Crippen LogP contribution in [0.5, 0.6) is 0 Å². The lowest BCUT2D eigenvalue weighted by Gasteiger charge is -1.98. The van der Waals surface area contributed by atoms with Crippen LogP contribution >= 0.6 is 0 Å². The molecule has 1 rings (SSSR count). The maximum absolute atomic E-state index is 11.7. The van der Waals surface area contributed by atoms with Crippen molar-refractivity contribution in [1.29, 1.82) is 0 Å². The van der Waals surface area contributed by atoms with Crippen molar-refractivity contribution in [3.05, 3.63) is 23.2 Å². The lowest BCUT2D eigenvalue weighted by molar-refractivity contribution is 0.0659. The molecule has 0 spiro atoms. The monoisotopic (exact) mass is 258 g/mol. The molecular formula is C12H18O4S. The maximum atomic E-state index is 11.7. The second-order valence-electron chi connectivity index (χ2n) is 4.03. The van der Waals surface area contributed by atoms with Gasteiger partial charge in [-0.15, -0.1) is 0 Å². The predicted molar refractivity (Wildman–Crippen MR) is 66.6 cm³/mol. The Balaban J connectivity index is 2.54. The van der Waals surface area contributed by atoms with Crippen molar-refractivity contribution in [2.24, 2.45) is 0 Å². The molecule has 1 N–H and O–H groups in total. The summed E-state index contributed by atoms with van der Waals surface area (Å²) in [6.07, 6.45) is 3.11. The van der Waals surface area contributed by atoms with Crippen LogP contribution in [-0.4, -0.2) is 21.0 Å². The number of aryl methyl sites for hydroxylation is 1. The third kappa shape index (κ3) is 4.34. The van der Waals surface area contributed by atoms with E-state index in [9.17, 15) is 9.00 Å². The Kier molecular flexibility index (Phi) is 5.41. The van der Waals surface area contributed by atoms with Gasteiger partial charge in [0.2, 0.25) is 5.76 Å². The lowest BCUT2D eigenvalue weighted by atomic mass is 10.3. The minimum atomic E-state index is -1.08.